The van der Waals surface area contributed by atoms with Crippen LogP contribution in [0.4, 0.5) is 0 Å². The average Bonchev–Trinajstić information content (AvgIpc) is 2.31. The molecule has 0 aliphatic rings. The SMILES string of the molecule is Cc1nc(SCCCC(C)(N)CO)nc(C)c1C. The molecule has 0 bridgehead atoms. The Hall–Kier alpha value is -0.650. The highest BCUT2D eigenvalue weighted by Gasteiger charge is 2.16. The molecule has 18 heavy (non-hydrogen) atoms. The van der Waals surface area contributed by atoms with E-state index < -0.39 is 5.54 Å². The van der Waals surface area contributed by atoms with Gasteiger partial charge in [-0.1, -0.05) is 11.8 Å². The zero-order valence-corrected chi connectivity index (χ0v) is 12.5. The molecule has 0 radical (unpaired) electrons. The Morgan fingerprint density at radius 2 is 1.78 bits per heavy atom. The molecule has 0 saturated carbocycles. The lowest BCUT2D eigenvalue weighted by atomic mass is 9.99. The van der Waals surface area contributed by atoms with Crippen LogP contribution in [-0.2, 0) is 0 Å². The van der Waals surface area contributed by atoms with Crippen LogP contribution < -0.4 is 5.73 Å². The zero-order chi connectivity index (χ0) is 13.8. The standard InChI is InChI=1S/C13H23N3OS/c1-9-10(2)15-12(16-11(9)3)18-7-5-6-13(4,14)8-17/h17H,5-8,14H2,1-4H3. The normalized spacial score (nSPS) is 14.6. The molecule has 1 atom stereocenters. The molecule has 0 fully saturated rings. The van der Waals surface area contributed by atoms with Crippen molar-refractivity contribution in [3.63, 3.8) is 0 Å². The van der Waals surface area contributed by atoms with Gasteiger partial charge in [-0.3, -0.25) is 0 Å². The lowest BCUT2D eigenvalue weighted by molar-refractivity contribution is 0.200. The lowest BCUT2D eigenvalue weighted by Crippen LogP contribution is -2.40. The molecule has 0 aliphatic heterocycles. The van der Waals surface area contributed by atoms with Gasteiger partial charge < -0.3 is 10.8 Å². The molecule has 1 aromatic heterocycles. The monoisotopic (exact) mass is 269 g/mol. The van der Waals surface area contributed by atoms with Gasteiger partial charge in [0.05, 0.1) is 6.61 Å². The van der Waals surface area contributed by atoms with Crippen molar-refractivity contribution in [2.75, 3.05) is 12.4 Å². The van der Waals surface area contributed by atoms with Crippen LogP contribution in [0.3, 0.4) is 0 Å². The number of aliphatic hydroxyl groups excluding tert-OH is 1. The molecule has 102 valence electrons. The minimum absolute atomic E-state index is 0.0247. The van der Waals surface area contributed by atoms with Crippen molar-refractivity contribution in [3.05, 3.63) is 17.0 Å². The summed E-state index contributed by atoms with van der Waals surface area (Å²) in [7, 11) is 0. The fraction of sp³-hybridized carbons (Fsp3) is 0.692. The topological polar surface area (TPSA) is 72.0 Å². The van der Waals surface area contributed by atoms with Gasteiger partial charge in [0.15, 0.2) is 5.16 Å². The number of aromatic nitrogens is 2. The fourth-order valence-corrected chi connectivity index (χ4v) is 2.40. The maximum atomic E-state index is 9.06. The summed E-state index contributed by atoms with van der Waals surface area (Å²) >= 11 is 1.65. The maximum absolute atomic E-state index is 9.06. The highest BCUT2D eigenvalue weighted by atomic mass is 32.2. The lowest BCUT2D eigenvalue weighted by Gasteiger charge is -2.20. The predicted octanol–water partition coefficient (Wildman–Crippen LogP) is 1.98. The summed E-state index contributed by atoms with van der Waals surface area (Å²) in [5.74, 6) is 0.925. The summed E-state index contributed by atoms with van der Waals surface area (Å²) < 4.78 is 0. The van der Waals surface area contributed by atoms with Crippen LogP contribution in [0.2, 0.25) is 0 Å². The first-order valence-corrected chi connectivity index (χ1v) is 7.18. The molecule has 0 spiro atoms. The summed E-state index contributed by atoms with van der Waals surface area (Å²) in [5, 5.41) is 9.89. The number of nitrogens with zero attached hydrogens (tertiary/aromatic N) is 2. The molecular weight excluding hydrogens is 246 g/mol. The van der Waals surface area contributed by atoms with E-state index in [1.807, 2.05) is 27.7 Å². The van der Waals surface area contributed by atoms with Crippen molar-refractivity contribution in [3.8, 4) is 0 Å². The van der Waals surface area contributed by atoms with Crippen molar-refractivity contribution >= 4 is 11.8 Å². The molecule has 1 aromatic rings. The third-order valence-corrected chi connectivity index (χ3v) is 4.03. The van der Waals surface area contributed by atoms with Gasteiger partial charge in [-0.25, -0.2) is 9.97 Å². The molecule has 0 aliphatic carbocycles. The third kappa shape index (κ3) is 4.55. The second kappa shape index (κ2) is 6.50. The Morgan fingerprint density at radius 1 is 1.22 bits per heavy atom. The van der Waals surface area contributed by atoms with E-state index in [0.29, 0.717) is 0 Å². The van der Waals surface area contributed by atoms with Crippen LogP contribution in [-0.4, -0.2) is 33.0 Å². The summed E-state index contributed by atoms with van der Waals surface area (Å²) in [4.78, 5) is 8.92. The molecule has 5 heteroatoms. The Kier molecular flexibility index (Phi) is 5.56. The van der Waals surface area contributed by atoms with Gasteiger partial charge in [0.2, 0.25) is 0 Å². The molecule has 3 N–H and O–H groups in total. The van der Waals surface area contributed by atoms with Crippen molar-refractivity contribution in [2.24, 2.45) is 5.73 Å². The number of aryl methyl sites for hydroxylation is 2. The Balaban J connectivity index is 2.45. The summed E-state index contributed by atoms with van der Waals surface area (Å²) in [6.07, 6.45) is 1.76. The average molecular weight is 269 g/mol. The van der Waals surface area contributed by atoms with Crippen LogP contribution in [0.25, 0.3) is 0 Å². The summed E-state index contributed by atoms with van der Waals surface area (Å²) in [5.41, 5.74) is 8.65. The number of hydrogen-bond donors (Lipinski definition) is 2. The van der Waals surface area contributed by atoms with Gasteiger partial charge >= 0.3 is 0 Å². The van der Waals surface area contributed by atoms with Crippen molar-refractivity contribution in [1.82, 2.24) is 9.97 Å². The third-order valence-electron chi connectivity index (χ3n) is 3.10. The van der Waals surface area contributed by atoms with Crippen molar-refractivity contribution in [2.45, 2.75) is 51.2 Å². The number of hydrogen-bond acceptors (Lipinski definition) is 5. The predicted molar refractivity (Wildman–Crippen MR) is 75.9 cm³/mol. The second-order valence-electron chi connectivity index (χ2n) is 5.07. The Labute approximate surface area is 113 Å². The molecule has 0 aromatic carbocycles. The van der Waals surface area contributed by atoms with Gasteiger partial charge in [-0.15, -0.1) is 0 Å². The smallest absolute Gasteiger partial charge is 0.187 e. The van der Waals surface area contributed by atoms with Crippen LogP contribution in [0, 0.1) is 20.8 Å². The largest absolute Gasteiger partial charge is 0.394 e. The minimum atomic E-state index is -0.472. The number of rotatable bonds is 6. The fourth-order valence-electron chi connectivity index (χ4n) is 1.52. The minimum Gasteiger partial charge on any atom is -0.394 e. The van der Waals surface area contributed by atoms with E-state index in [2.05, 4.69) is 9.97 Å². The Bertz CT molecular complexity index is 384. The van der Waals surface area contributed by atoms with Gasteiger partial charge in [0.1, 0.15) is 0 Å². The number of nitrogens with two attached hydrogens (primary N) is 1. The van der Waals surface area contributed by atoms with E-state index in [-0.39, 0.29) is 6.61 Å². The van der Waals surface area contributed by atoms with Crippen LogP contribution >= 0.6 is 11.8 Å². The molecule has 1 unspecified atom stereocenters. The van der Waals surface area contributed by atoms with E-state index in [1.165, 1.54) is 0 Å². The van der Waals surface area contributed by atoms with E-state index >= 15 is 0 Å². The van der Waals surface area contributed by atoms with E-state index in [4.69, 9.17) is 10.8 Å². The maximum Gasteiger partial charge on any atom is 0.187 e. The van der Waals surface area contributed by atoms with Gasteiger partial charge in [-0.05, 0) is 46.1 Å². The number of thioether (sulfide) groups is 1. The summed E-state index contributed by atoms with van der Waals surface area (Å²) in [6.45, 7) is 7.96. The van der Waals surface area contributed by atoms with Crippen LogP contribution in [0.5, 0.6) is 0 Å². The van der Waals surface area contributed by atoms with E-state index in [1.54, 1.807) is 11.8 Å². The molecule has 1 rings (SSSR count). The molecule has 4 nitrogen and oxygen atoms in total. The van der Waals surface area contributed by atoms with E-state index in [0.717, 1.165) is 40.7 Å². The quantitative estimate of drug-likeness (QED) is 0.469. The van der Waals surface area contributed by atoms with Gasteiger partial charge in [0.25, 0.3) is 0 Å². The summed E-state index contributed by atoms with van der Waals surface area (Å²) in [6, 6.07) is 0. The van der Waals surface area contributed by atoms with Gasteiger partial charge in [-0.2, -0.15) is 0 Å². The van der Waals surface area contributed by atoms with Crippen LogP contribution in [0.1, 0.15) is 36.7 Å². The second-order valence-corrected chi connectivity index (χ2v) is 6.13. The first-order valence-electron chi connectivity index (χ1n) is 6.20. The highest BCUT2D eigenvalue weighted by molar-refractivity contribution is 7.99. The first-order chi connectivity index (χ1) is 8.35. The zero-order valence-electron chi connectivity index (χ0n) is 11.7. The van der Waals surface area contributed by atoms with E-state index in [9.17, 15) is 0 Å². The van der Waals surface area contributed by atoms with Crippen molar-refractivity contribution in [1.29, 1.82) is 0 Å². The molecule has 0 saturated heterocycles. The van der Waals surface area contributed by atoms with Gasteiger partial charge in [0, 0.05) is 22.7 Å². The van der Waals surface area contributed by atoms with Crippen LogP contribution in [0.15, 0.2) is 5.16 Å². The number of aliphatic hydroxyl groups is 1. The molecular formula is C13H23N3OS. The highest BCUT2D eigenvalue weighted by Crippen LogP contribution is 2.19. The Morgan fingerprint density at radius 3 is 2.28 bits per heavy atom. The first kappa shape index (κ1) is 15.4. The molecule has 1 heterocycles. The molecule has 0 amide bonds. The van der Waals surface area contributed by atoms with Crippen molar-refractivity contribution < 1.29 is 5.11 Å².